The molecule has 20 heavy (non-hydrogen) atoms. The van der Waals surface area contributed by atoms with Gasteiger partial charge in [-0.25, -0.2) is 0 Å². The summed E-state index contributed by atoms with van der Waals surface area (Å²) in [5.41, 5.74) is 1.04. The lowest BCUT2D eigenvalue weighted by molar-refractivity contribution is 0.300. The molecule has 0 atom stereocenters. The van der Waals surface area contributed by atoms with Crippen molar-refractivity contribution < 1.29 is 0 Å². The summed E-state index contributed by atoms with van der Waals surface area (Å²) in [6, 6.07) is 7.75. The molecule has 0 bridgehead atoms. The van der Waals surface area contributed by atoms with Crippen molar-refractivity contribution in [1.82, 2.24) is 10.2 Å². The van der Waals surface area contributed by atoms with Gasteiger partial charge in [-0.15, -0.1) is 23.2 Å². The Bertz CT molecular complexity index is 363. The molecule has 0 unspecified atom stereocenters. The normalized spacial score (nSPS) is 11.0. The van der Waals surface area contributed by atoms with Gasteiger partial charge in [-0.1, -0.05) is 17.7 Å². The van der Waals surface area contributed by atoms with E-state index in [9.17, 15) is 0 Å². The molecule has 0 amide bonds. The molecule has 0 spiro atoms. The van der Waals surface area contributed by atoms with Gasteiger partial charge in [-0.3, -0.25) is 4.90 Å². The van der Waals surface area contributed by atoms with Crippen LogP contribution in [0.5, 0.6) is 0 Å². The van der Waals surface area contributed by atoms with E-state index in [4.69, 9.17) is 34.8 Å². The van der Waals surface area contributed by atoms with Gasteiger partial charge in [0.25, 0.3) is 0 Å². The molecule has 1 aromatic rings. The van der Waals surface area contributed by atoms with E-state index < -0.39 is 0 Å². The van der Waals surface area contributed by atoms with E-state index >= 15 is 0 Å². The molecule has 3 nitrogen and oxygen atoms in total. The Kier molecular flexibility index (Phi) is 10.2. The summed E-state index contributed by atoms with van der Waals surface area (Å²) in [6.45, 7) is 5.45. The predicted molar refractivity (Wildman–Crippen MR) is 90.7 cm³/mol. The van der Waals surface area contributed by atoms with Gasteiger partial charge in [-0.2, -0.15) is 0 Å². The number of alkyl halides is 2. The summed E-state index contributed by atoms with van der Waals surface area (Å²) in [6.07, 6.45) is 0. The minimum absolute atomic E-state index is 0.645. The van der Waals surface area contributed by atoms with Crippen LogP contribution in [0.15, 0.2) is 24.3 Å². The molecular weight excluding hydrogens is 317 g/mol. The number of nitrogens with zero attached hydrogens (tertiary/aromatic N) is 1. The lowest BCUT2D eigenvalue weighted by Crippen LogP contribution is -2.37. The molecule has 0 saturated carbocycles. The first kappa shape index (κ1) is 17.9. The molecule has 0 fully saturated rings. The number of anilines is 1. The van der Waals surface area contributed by atoms with E-state index in [1.807, 2.05) is 24.3 Å². The molecule has 0 aromatic heterocycles. The van der Waals surface area contributed by atoms with Crippen LogP contribution >= 0.6 is 34.8 Å². The van der Waals surface area contributed by atoms with Crippen LogP contribution in [0.2, 0.25) is 5.02 Å². The molecule has 0 saturated heterocycles. The highest BCUT2D eigenvalue weighted by molar-refractivity contribution is 6.30. The Morgan fingerprint density at radius 2 is 1.75 bits per heavy atom. The highest BCUT2D eigenvalue weighted by Crippen LogP contribution is 2.14. The third kappa shape index (κ3) is 8.18. The summed E-state index contributed by atoms with van der Waals surface area (Å²) < 4.78 is 0. The van der Waals surface area contributed by atoms with Crippen molar-refractivity contribution in [3.63, 3.8) is 0 Å². The molecule has 2 N–H and O–H groups in total. The van der Waals surface area contributed by atoms with E-state index in [1.165, 1.54) is 0 Å². The van der Waals surface area contributed by atoms with Crippen molar-refractivity contribution in [2.45, 2.75) is 0 Å². The van der Waals surface area contributed by atoms with Gasteiger partial charge in [0.1, 0.15) is 0 Å². The van der Waals surface area contributed by atoms with Crippen molar-refractivity contribution in [1.29, 1.82) is 0 Å². The van der Waals surface area contributed by atoms with Crippen LogP contribution in [0.4, 0.5) is 5.69 Å². The van der Waals surface area contributed by atoms with E-state index in [0.29, 0.717) is 11.8 Å². The first-order chi connectivity index (χ1) is 9.76. The Morgan fingerprint density at radius 1 is 0.950 bits per heavy atom. The largest absolute Gasteiger partial charge is 0.384 e. The SMILES string of the molecule is ClCCNCCN(CCCl)CCNc1cccc(Cl)c1. The van der Waals surface area contributed by atoms with Crippen LogP contribution in [0, 0.1) is 0 Å². The lowest BCUT2D eigenvalue weighted by atomic mass is 10.3. The average molecular weight is 339 g/mol. The second-order valence-corrected chi connectivity index (χ2v) is 5.60. The molecule has 0 aliphatic carbocycles. The summed E-state index contributed by atoms with van der Waals surface area (Å²) >= 11 is 17.4. The number of benzene rings is 1. The Hall–Kier alpha value is -0.190. The maximum Gasteiger partial charge on any atom is 0.0426 e. The zero-order valence-electron chi connectivity index (χ0n) is 11.5. The zero-order chi connectivity index (χ0) is 14.6. The summed E-state index contributed by atoms with van der Waals surface area (Å²) in [7, 11) is 0. The van der Waals surface area contributed by atoms with Crippen LogP contribution in [-0.4, -0.2) is 55.9 Å². The van der Waals surface area contributed by atoms with Crippen molar-refractivity contribution in [2.24, 2.45) is 0 Å². The summed E-state index contributed by atoms with van der Waals surface area (Å²) in [5, 5.41) is 7.40. The first-order valence-electron chi connectivity index (χ1n) is 6.80. The third-order valence-corrected chi connectivity index (χ3v) is 3.45. The fourth-order valence-corrected chi connectivity index (χ4v) is 2.40. The number of rotatable bonds is 11. The van der Waals surface area contributed by atoms with E-state index in [1.54, 1.807) is 0 Å². The van der Waals surface area contributed by atoms with Crippen LogP contribution in [-0.2, 0) is 0 Å². The fourth-order valence-electron chi connectivity index (χ4n) is 1.84. The van der Waals surface area contributed by atoms with Gasteiger partial charge in [0.05, 0.1) is 0 Å². The molecule has 0 aliphatic rings. The van der Waals surface area contributed by atoms with Crippen molar-refractivity contribution >= 4 is 40.5 Å². The highest BCUT2D eigenvalue weighted by atomic mass is 35.5. The lowest BCUT2D eigenvalue weighted by Gasteiger charge is -2.21. The maximum absolute atomic E-state index is 5.95. The molecule has 0 aliphatic heterocycles. The molecule has 0 radical (unpaired) electrons. The number of nitrogens with one attached hydrogen (secondary N) is 2. The van der Waals surface area contributed by atoms with Gasteiger partial charge in [0.15, 0.2) is 0 Å². The van der Waals surface area contributed by atoms with Crippen LogP contribution in [0.25, 0.3) is 0 Å². The monoisotopic (exact) mass is 337 g/mol. The Morgan fingerprint density at radius 3 is 2.45 bits per heavy atom. The molecule has 114 valence electrons. The summed E-state index contributed by atoms with van der Waals surface area (Å²) in [5.74, 6) is 1.29. The first-order valence-corrected chi connectivity index (χ1v) is 8.25. The zero-order valence-corrected chi connectivity index (χ0v) is 13.8. The second kappa shape index (κ2) is 11.5. The van der Waals surface area contributed by atoms with Crippen LogP contribution in [0.3, 0.4) is 0 Å². The van der Waals surface area contributed by atoms with E-state index in [0.717, 1.165) is 50.0 Å². The van der Waals surface area contributed by atoms with Crippen LogP contribution in [0.1, 0.15) is 0 Å². The van der Waals surface area contributed by atoms with Gasteiger partial charge >= 0.3 is 0 Å². The molecule has 1 aromatic carbocycles. The minimum Gasteiger partial charge on any atom is -0.384 e. The smallest absolute Gasteiger partial charge is 0.0426 e. The van der Waals surface area contributed by atoms with Crippen molar-refractivity contribution in [2.75, 3.05) is 56.3 Å². The van der Waals surface area contributed by atoms with Crippen molar-refractivity contribution in [3.8, 4) is 0 Å². The molecular formula is C14H22Cl3N3. The van der Waals surface area contributed by atoms with Gasteiger partial charge in [0.2, 0.25) is 0 Å². The minimum atomic E-state index is 0.645. The topological polar surface area (TPSA) is 27.3 Å². The van der Waals surface area contributed by atoms with Gasteiger partial charge in [-0.05, 0) is 18.2 Å². The maximum atomic E-state index is 5.95. The average Bonchev–Trinajstić information content (AvgIpc) is 2.43. The van der Waals surface area contributed by atoms with Gasteiger partial charge in [0, 0.05) is 61.7 Å². The number of halogens is 3. The predicted octanol–water partition coefficient (Wildman–Crippen LogP) is 3.12. The van der Waals surface area contributed by atoms with E-state index in [-0.39, 0.29) is 0 Å². The second-order valence-electron chi connectivity index (χ2n) is 4.41. The Labute approximate surface area is 136 Å². The molecule has 0 heterocycles. The number of hydrogen-bond donors (Lipinski definition) is 2. The Balaban J connectivity index is 2.24. The van der Waals surface area contributed by atoms with Gasteiger partial charge < -0.3 is 10.6 Å². The van der Waals surface area contributed by atoms with E-state index in [2.05, 4.69) is 15.5 Å². The number of hydrogen-bond acceptors (Lipinski definition) is 3. The molecule has 1 rings (SSSR count). The standard InChI is InChI=1S/C14H22Cl3N3/c15-4-6-18-7-10-20(9-5-16)11-8-19-14-3-1-2-13(17)12-14/h1-3,12,18-19H,4-11H2. The highest BCUT2D eigenvalue weighted by Gasteiger charge is 2.03. The van der Waals surface area contributed by atoms with Crippen LogP contribution < -0.4 is 10.6 Å². The molecule has 6 heteroatoms. The third-order valence-electron chi connectivity index (χ3n) is 2.86. The fraction of sp³-hybridized carbons (Fsp3) is 0.571. The summed E-state index contributed by atoms with van der Waals surface area (Å²) in [4.78, 5) is 2.33. The van der Waals surface area contributed by atoms with Crippen molar-refractivity contribution in [3.05, 3.63) is 29.3 Å². The quantitative estimate of drug-likeness (QED) is 0.479.